The molecule has 0 aliphatic carbocycles. The van der Waals surface area contributed by atoms with Crippen molar-refractivity contribution in [2.75, 3.05) is 32.7 Å². The van der Waals surface area contributed by atoms with Crippen LogP contribution in [-0.4, -0.2) is 42.7 Å². The maximum atomic E-state index is 5.13. The molecule has 4 heteroatoms. The van der Waals surface area contributed by atoms with E-state index in [4.69, 9.17) is 12.2 Å². The molecule has 0 aliphatic rings. The summed E-state index contributed by atoms with van der Waals surface area (Å²) in [6.07, 6.45) is 2.32. The van der Waals surface area contributed by atoms with Gasteiger partial charge in [0.1, 0.15) is 0 Å². The smallest absolute Gasteiger partial charge is 0.166 e. The molecule has 0 radical (unpaired) electrons. The molecule has 0 atom stereocenters. The van der Waals surface area contributed by atoms with E-state index >= 15 is 0 Å². The number of hydrogen-bond donors (Lipinski definition) is 2. The first-order valence-electron chi connectivity index (χ1n) is 5.98. The molecule has 2 N–H and O–H groups in total. The van der Waals surface area contributed by atoms with E-state index in [1.165, 1.54) is 13.0 Å². The van der Waals surface area contributed by atoms with Gasteiger partial charge in [-0.15, -0.1) is 0 Å². The third kappa shape index (κ3) is 8.63. The fourth-order valence-electron chi connectivity index (χ4n) is 1.37. The Kier molecular flexibility index (Phi) is 9.94. The van der Waals surface area contributed by atoms with Crippen LogP contribution in [0.15, 0.2) is 0 Å². The largest absolute Gasteiger partial charge is 0.363 e. The molecule has 0 heterocycles. The van der Waals surface area contributed by atoms with Crippen LogP contribution in [-0.2, 0) is 0 Å². The summed E-state index contributed by atoms with van der Waals surface area (Å²) >= 11 is 5.13. The van der Waals surface area contributed by atoms with Crippen molar-refractivity contribution in [1.29, 1.82) is 0 Å². The number of hydrogen-bond acceptors (Lipinski definition) is 2. The summed E-state index contributed by atoms with van der Waals surface area (Å²) in [5.41, 5.74) is 0. The topological polar surface area (TPSA) is 27.3 Å². The highest BCUT2D eigenvalue weighted by molar-refractivity contribution is 7.80. The standard InChI is InChI=1S/C11H25N3S/c1-4-7-12-11(15)13-8-10-14(6-3)9-5-2/h4-10H2,1-3H3,(H2,12,13,15). The lowest BCUT2D eigenvalue weighted by molar-refractivity contribution is 0.293. The fraction of sp³-hybridized carbons (Fsp3) is 0.909. The number of thiocarbonyl (C=S) groups is 1. The lowest BCUT2D eigenvalue weighted by Gasteiger charge is -2.20. The minimum Gasteiger partial charge on any atom is -0.363 e. The Morgan fingerprint density at radius 2 is 1.67 bits per heavy atom. The van der Waals surface area contributed by atoms with Crippen LogP contribution >= 0.6 is 12.2 Å². The van der Waals surface area contributed by atoms with Crippen molar-refractivity contribution < 1.29 is 0 Å². The van der Waals surface area contributed by atoms with Crippen LogP contribution in [0.1, 0.15) is 33.6 Å². The summed E-state index contributed by atoms with van der Waals surface area (Å²) in [6, 6.07) is 0. The summed E-state index contributed by atoms with van der Waals surface area (Å²) in [4.78, 5) is 2.43. The van der Waals surface area contributed by atoms with E-state index < -0.39 is 0 Å². The van der Waals surface area contributed by atoms with Crippen LogP contribution in [0.2, 0.25) is 0 Å². The van der Waals surface area contributed by atoms with Gasteiger partial charge in [0, 0.05) is 19.6 Å². The first kappa shape index (κ1) is 14.6. The highest BCUT2D eigenvalue weighted by Gasteiger charge is 2.00. The summed E-state index contributed by atoms with van der Waals surface area (Å²) in [5.74, 6) is 0. The normalized spacial score (nSPS) is 10.4. The van der Waals surface area contributed by atoms with Gasteiger partial charge in [-0.1, -0.05) is 20.8 Å². The van der Waals surface area contributed by atoms with Crippen molar-refractivity contribution in [3.05, 3.63) is 0 Å². The maximum Gasteiger partial charge on any atom is 0.166 e. The van der Waals surface area contributed by atoms with E-state index in [1.807, 2.05) is 0 Å². The number of rotatable bonds is 8. The van der Waals surface area contributed by atoms with E-state index in [-0.39, 0.29) is 0 Å². The molecular formula is C11H25N3S. The third-order valence-electron chi connectivity index (χ3n) is 2.24. The van der Waals surface area contributed by atoms with E-state index in [0.29, 0.717) is 0 Å². The zero-order chi connectivity index (χ0) is 11.5. The Morgan fingerprint density at radius 1 is 1.00 bits per heavy atom. The van der Waals surface area contributed by atoms with Crippen LogP contribution in [0.3, 0.4) is 0 Å². The first-order valence-corrected chi connectivity index (χ1v) is 6.39. The summed E-state index contributed by atoms with van der Waals surface area (Å²) < 4.78 is 0. The monoisotopic (exact) mass is 231 g/mol. The predicted octanol–water partition coefficient (Wildman–Crippen LogP) is 1.59. The van der Waals surface area contributed by atoms with Crippen molar-refractivity contribution in [3.8, 4) is 0 Å². The van der Waals surface area contributed by atoms with Gasteiger partial charge in [-0.2, -0.15) is 0 Å². The van der Waals surface area contributed by atoms with Gasteiger partial charge >= 0.3 is 0 Å². The zero-order valence-corrected chi connectivity index (χ0v) is 11.1. The van der Waals surface area contributed by atoms with Crippen LogP contribution in [0.5, 0.6) is 0 Å². The quantitative estimate of drug-likeness (QED) is 0.621. The van der Waals surface area contributed by atoms with Crippen LogP contribution in [0.4, 0.5) is 0 Å². The van der Waals surface area contributed by atoms with Gasteiger partial charge in [-0.25, -0.2) is 0 Å². The van der Waals surface area contributed by atoms with Crippen LogP contribution in [0.25, 0.3) is 0 Å². The molecule has 0 bridgehead atoms. The Balaban J connectivity index is 3.45. The molecule has 0 unspecified atom stereocenters. The minimum absolute atomic E-state index is 0.782. The third-order valence-corrected chi connectivity index (χ3v) is 2.52. The molecule has 90 valence electrons. The van der Waals surface area contributed by atoms with E-state index in [9.17, 15) is 0 Å². The predicted molar refractivity (Wildman–Crippen MR) is 71.3 cm³/mol. The molecule has 0 aromatic carbocycles. The van der Waals surface area contributed by atoms with Crippen molar-refractivity contribution >= 4 is 17.3 Å². The summed E-state index contributed by atoms with van der Waals surface area (Å²) in [5, 5.41) is 7.16. The molecule has 0 aromatic rings. The average molecular weight is 231 g/mol. The van der Waals surface area contributed by atoms with Gasteiger partial charge in [0.25, 0.3) is 0 Å². The molecule has 0 amide bonds. The molecule has 0 fully saturated rings. The molecule has 0 rings (SSSR count). The number of nitrogens with zero attached hydrogens (tertiary/aromatic N) is 1. The van der Waals surface area contributed by atoms with Crippen molar-refractivity contribution in [3.63, 3.8) is 0 Å². The first-order chi connectivity index (χ1) is 7.24. The van der Waals surface area contributed by atoms with Gasteiger partial charge in [-0.3, -0.25) is 0 Å². The second kappa shape index (κ2) is 10.2. The molecule has 0 saturated carbocycles. The minimum atomic E-state index is 0.782. The van der Waals surface area contributed by atoms with E-state index in [0.717, 1.165) is 37.7 Å². The lowest BCUT2D eigenvalue weighted by Crippen LogP contribution is -2.40. The molecule has 15 heavy (non-hydrogen) atoms. The highest BCUT2D eigenvalue weighted by Crippen LogP contribution is 1.88. The SMILES string of the molecule is CCCNC(=S)NCCN(CC)CCC. The molecule has 0 spiro atoms. The van der Waals surface area contributed by atoms with Crippen molar-refractivity contribution in [2.45, 2.75) is 33.6 Å². The van der Waals surface area contributed by atoms with Crippen LogP contribution < -0.4 is 10.6 Å². The van der Waals surface area contributed by atoms with E-state index in [2.05, 4.69) is 36.3 Å². The van der Waals surface area contributed by atoms with Gasteiger partial charge < -0.3 is 15.5 Å². The fourth-order valence-corrected chi connectivity index (χ4v) is 1.58. The van der Waals surface area contributed by atoms with Gasteiger partial charge in [0.2, 0.25) is 0 Å². The van der Waals surface area contributed by atoms with Gasteiger partial charge in [0.15, 0.2) is 5.11 Å². The molecule has 0 saturated heterocycles. The Bertz CT molecular complexity index is 162. The Labute approximate surface area is 99.6 Å². The van der Waals surface area contributed by atoms with Crippen molar-refractivity contribution in [1.82, 2.24) is 15.5 Å². The molecule has 3 nitrogen and oxygen atoms in total. The second-order valence-corrected chi connectivity index (χ2v) is 4.03. The van der Waals surface area contributed by atoms with Gasteiger partial charge in [0.05, 0.1) is 0 Å². The van der Waals surface area contributed by atoms with Crippen molar-refractivity contribution in [2.24, 2.45) is 0 Å². The van der Waals surface area contributed by atoms with Gasteiger partial charge in [-0.05, 0) is 38.1 Å². The molecule has 0 aromatic heterocycles. The lowest BCUT2D eigenvalue weighted by atomic mass is 10.4. The highest BCUT2D eigenvalue weighted by atomic mass is 32.1. The summed E-state index contributed by atoms with van der Waals surface area (Å²) in [7, 11) is 0. The number of likely N-dealkylation sites (N-methyl/N-ethyl adjacent to an activating group) is 1. The summed E-state index contributed by atoms with van der Waals surface area (Å²) in [6.45, 7) is 11.8. The van der Waals surface area contributed by atoms with E-state index in [1.54, 1.807) is 0 Å². The molecule has 0 aliphatic heterocycles. The maximum absolute atomic E-state index is 5.13. The van der Waals surface area contributed by atoms with Crippen LogP contribution in [0, 0.1) is 0 Å². The molecular weight excluding hydrogens is 206 g/mol. The zero-order valence-electron chi connectivity index (χ0n) is 10.3. The average Bonchev–Trinajstić information content (AvgIpc) is 2.25. The Morgan fingerprint density at radius 3 is 2.20 bits per heavy atom. The number of nitrogens with one attached hydrogen (secondary N) is 2. The second-order valence-electron chi connectivity index (χ2n) is 3.62. The Hall–Kier alpha value is -0.350.